The molecule has 0 bridgehead atoms. The number of primary amides is 1. The van der Waals surface area contributed by atoms with Gasteiger partial charge in [-0.3, -0.25) is 4.79 Å². The number of carbonyl (C=O) groups excluding carboxylic acids is 1. The van der Waals surface area contributed by atoms with Gasteiger partial charge >= 0.3 is 0 Å². The lowest BCUT2D eigenvalue weighted by Crippen LogP contribution is -2.53. The Morgan fingerprint density at radius 1 is 1.60 bits per heavy atom. The zero-order valence-corrected chi connectivity index (χ0v) is 10.0. The number of piperidine rings is 1. The Kier molecular flexibility index (Phi) is 4.11. The van der Waals surface area contributed by atoms with Gasteiger partial charge in [-0.25, -0.2) is 0 Å². The van der Waals surface area contributed by atoms with Crippen LogP contribution in [0.4, 0.5) is 0 Å². The summed E-state index contributed by atoms with van der Waals surface area (Å²) in [5.74, 6) is 0.356. The van der Waals surface area contributed by atoms with Crippen molar-refractivity contribution in [1.82, 2.24) is 10.2 Å². The topological polar surface area (TPSA) is 58.4 Å². The van der Waals surface area contributed by atoms with Crippen molar-refractivity contribution in [2.75, 3.05) is 26.7 Å². The van der Waals surface area contributed by atoms with E-state index in [9.17, 15) is 4.79 Å². The summed E-state index contributed by atoms with van der Waals surface area (Å²) in [5, 5.41) is 3.25. The van der Waals surface area contributed by atoms with Crippen molar-refractivity contribution in [2.24, 2.45) is 11.7 Å². The van der Waals surface area contributed by atoms with Gasteiger partial charge in [-0.1, -0.05) is 0 Å². The normalized spacial score (nSPS) is 24.1. The second-order valence-electron chi connectivity index (χ2n) is 5.14. The lowest BCUT2D eigenvalue weighted by atomic mass is 9.96. The molecule has 4 nitrogen and oxygen atoms in total. The number of amides is 1. The predicted molar refractivity (Wildman–Crippen MR) is 61.5 cm³/mol. The third-order valence-electron chi connectivity index (χ3n) is 3.17. The summed E-state index contributed by atoms with van der Waals surface area (Å²) in [4.78, 5) is 13.4. The summed E-state index contributed by atoms with van der Waals surface area (Å²) in [5.41, 5.74) is 4.71. The van der Waals surface area contributed by atoms with E-state index in [1.165, 1.54) is 19.4 Å². The Balaban J connectivity index is 2.33. The van der Waals surface area contributed by atoms with Crippen molar-refractivity contribution >= 4 is 5.91 Å². The number of carbonyl (C=O) groups is 1. The van der Waals surface area contributed by atoms with E-state index in [1.54, 1.807) is 0 Å². The summed E-state index contributed by atoms with van der Waals surface area (Å²) >= 11 is 0. The van der Waals surface area contributed by atoms with E-state index in [0.29, 0.717) is 5.92 Å². The predicted octanol–water partition coefficient (Wildman–Crippen LogP) is 0.182. The first-order chi connectivity index (χ1) is 6.92. The van der Waals surface area contributed by atoms with Gasteiger partial charge in [-0.05, 0) is 46.2 Å². The molecule has 1 aliphatic heterocycles. The quantitative estimate of drug-likeness (QED) is 0.700. The van der Waals surface area contributed by atoms with E-state index >= 15 is 0 Å². The highest BCUT2D eigenvalue weighted by Crippen LogP contribution is 2.15. The average molecular weight is 213 g/mol. The summed E-state index contributed by atoms with van der Waals surface area (Å²) in [7, 11) is 2.14. The van der Waals surface area contributed by atoms with E-state index in [0.717, 1.165) is 13.1 Å². The van der Waals surface area contributed by atoms with Crippen LogP contribution in [0.3, 0.4) is 0 Å². The fraction of sp³-hybridized carbons (Fsp3) is 0.909. The summed E-state index contributed by atoms with van der Waals surface area (Å²) in [6.07, 6.45) is 2.49. The molecule has 1 unspecified atom stereocenters. The number of hydrogen-bond acceptors (Lipinski definition) is 3. The smallest absolute Gasteiger partial charge is 0.237 e. The molecule has 1 aliphatic rings. The highest BCUT2D eigenvalue weighted by Gasteiger charge is 2.26. The number of nitrogens with zero attached hydrogens (tertiary/aromatic N) is 1. The van der Waals surface area contributed by atoms with Gasteiger partial charge in [0.1, 0.15) is 0 Å². The number of nitrogens with two attached hydrogens (primary N) is 1. The first-order valence-corrected chi connectivity index (χ1v) is 5.65. The van der Waals surface area contributed by atoms with Gasteiger partial charge in [0.15, 0.2) is 0 Å². The van der Waals surface area contributed by atoms with E-state index in [1.807, 2.05) is 13.8 Å². The lowest BCUT2D eigenvalue weighted by Gasteiger charge is -2.32. The maximum absolute atomic E-state index is 11.1. The maximum Gasteiger partial charge on any atom is 0.237 e. The molecule has 0 saturated carbocycles. The fourth-order valence-electron chi connectivity index (χ4n) is 1.93. The average Bonchev–Trinajstić information content (AvgIpc) is 2.15. The molecule has 0 aromatic heterocycles. The lowest BCUT2D eigenvalue weighted by molar-refractivity contribution is -0.123. The third-order valence-corrected chi connectivity index (χ3v) is 3.17. The number of likely N-dealkylation sites (tertiary alicyclic amines) is 1. The highest BCUT2D eigenvalue weighted by molar-refractivity contribution is 5.83. The Morgan fingerprint density at radius 3 is 2.80 bits per heavy atom. The van der Waals surface area contributed by atoms with Crippen molar-refractivity contribution in [3.63, 3.8) is 0 Å². The minimum Gasteiger partial charge on any atom is -0.368 e. The van der Waals surface area contributed by atoms with E-state index < -0.39 is 5.54 Å². The number of rotatable bonds is 4. The summed E-state index contributed by atoms with van der Waals surface area (Å²) in [6, 6.07) is 0. The van der Waals surface area contributed by atoms with Gasteiger partial charge in [-0.2, -0.15) is 0 Å². The first kappa shape index (κ1) is 12.5. The van der Waals surface area contributed by atoms with Crippen LogP contribution in [0.15, 0.2) is 0 Å². The summed E-state index contributed by atoms with van der Waals surface area (Å²) in [6.45, 7) is 6.85. The van der Waals surface area contributed by atoms with Crippen LogP contribution in [-0.2, 0) is 4.79 Å². The van der Waals surface area contributed by atoms with Crippen molar-refractivity contribution < 1.29 is 4.79 Å². The third kappa shape index (κ3) is 3.80. The molecule has 0 aliphatic carbocycles. The zero-order chi connectivity index (χ0) is 11.5. The number of nitrogens with one attached hydrogen (secondary N) is 1. The second-order valence-corrected chi connectivity index (χ2v) is 5.14. The standard InChI is InChI=1S/C11H23N3O/c1-11(2,10(12)15)13-7-9-5-4-6-14(3)8-9/h9,13H,4-8H2,1-3H3,(H2,12,15). The molecule has 0 aromatic rings. The van der Waals surface area contributed by atoms with E-state index in [4.69, 9.17) is 5.73 Å². The zero-order valence-electron chi connectivity index (χ0n) is 10.0. The minimum absolute atomic E-state index is 0.285. The van der Waals surface area contributed by atoms with Gasteiger partial charge in [0.25, 0.3) is 0 Å². The van der Waals surface area contributed by atoms with Crippen LogP contribution in [0.25, 0.3) is 0 Å². The van der Waals surface area contributed by atoms with Crippen LogP contribution in [0, 0.1) is 5.92 Å². The monoisotopic (exact) mass is 213 g/mol. The molecule has 4 heteroatoms. The SMILES string of the molecule is CN1CCCC(CNC(C)(C)C(N)=O)C1. The van der Waals surface area contributed by atoms with Crippen LogP contribution in [0.2, 0.25) is 0 Å². The molecule has 0 spiro atoms. The van der Waals surface area contributed by atoms with Crippen LogP contribution in [-0.4, -0.2) is 43.0 Å². The number of hydrogen-bond donors (Lipinski definition) is 2. The Morgan fingerprint density at radius 2 is 2.27 bits per heavy atom. The van der Waals surface area contributed by atoms with Crippen LogP contribution >= 0.6 is 0 Å². The minimum atomic E-state index is -0.587. The molecule has 88 valence electrons. The van der Waals surface area contributed by atoms with Crippen LogP contribution < -0.4 is 11.1 Å². The first-order valence-electron chi connectivity index (χ1n) is 5.65. The van der Waals surface area contributed by atoms with Crippen molar-refractivity contribution in [3.8, 4) is 0 Å². The molecule has 1 amide bonds. The maximum atomic E-state index is 11.1. The second kappa shape index (κ2) is 4.94. The van der Waals surface area contributed by atoms with Gasteiger partial charge in [0.05, 0.1) is 5.54 Å². The van der Waals surface area contributed by atoms with Gasteiger partial charge in [0.2, 0.25) is 5.91 Å². The molecule has 1 atom stereocenters. The molecule has 3 N–H and O–H groups in total. The Labute approximate surface area is 92.2 Å². The van der Waals surface area contributed by atoms with Crippen molar-refractivity contribution in [1.29, 1.82) is 0 Å². The molecule has 0 aromatic carbocycles. The molecular formula is C11H23N3O. The van der Waals surface area contributed by atoms with Gasteiger partial charge in [-0.15, -0.1) is 0 Å². The molecule has 1 saturated heterocycles. The molecule has 1 fully saturated rings. The highest BCUT2D eigenvalue weighted by atomic mass is 16.1. The van der Waals surface area contributed by atoms with Gasteiger partial charge in [0, 0.05) is 13.1 Å². The van der Waals surface area contributed by atoms with Gasteiger partial charge < -0.3 is 16.0 Å². The Hall–Kier alpha value is -0.610. The summed E-state index contributed by atoms with van der Waals surface area (Å²) < 4.78 is 0. The van der Waals surface area contributed by atoms with Crippen molar-refractivity contribution in [3.05, 3.63) is 0 Å². The largest absolute Gasteiger partial charge is 0.368 e. The van der Waals surface area contributed by atoms with Crippen LogP contribution in [0.1, 0.15) is 26.7 Å². The fourth-order valence-corrected chi connectivity index (χ4v) is 1.93. The molecule has 15 heavy (non-hydrogen) atoms. The van der Waals surface area contributed by atoms with E-state index in [-0.39, 0.29) is 5.91 Å². The molecule has 1 rings (SSSR count). The van der Waals surface area contributed by atoms with Crippen molar-refractivity contribution in [2.45, 2.75) is 32.2 Å². The van der Waals surface area contributed by atoms with Crippen LogP contribution in [0.5, 0.6) is 0 Å². The molecule has 1 heterocycles. The van der Waals surface area contributed by atoms with E-state index in [2.05, 4.69) is 17.3 Å². The Bertz CT molecular complexity index is 228. The molecule has 0 radical (unpaired) electrons. The molecular weight excluding hydrogens is 190 g/mol.